The van der Waals surface area contributed by atoms with E-state index in [9.17, 15) is 4.79 Å². The van der Waals surface area contributed by atoms with Gasteiger partial charge in [-0.2, -0.15) is 5.26 Å². The first-order valence-electron chi connectivity index (χ1n) is 6.17. The van der Waals surface area contributed by atoms with Crippen molar-refractivity contribution in [1.29, 1.82) is 5.26 Å². The van der Waals surface area contributed by atoms with Crippen molar-refractivity contribution in [3.05, 3.63) is 59.2 Å². The smallest absolute Gasteiger partial charge is 0.228 e. The first kappa shape index (κ1) is 14.2. The van der Waals surface area contributed by atoms with E-state index >= 15 is 0 Å². The molecule has 0 bridgehead atoms. The molecule has 0 radical (unpaired) electrons. The quantitative estimate of drug-likeness (QED) is 0.848. The molecule has 0 saturated carbocycles. The Morgan fingerprint density at radius 1 is 1.25 bits per heavy atom. The number of aryl methyl sites for hydroxylation is 1. The number of nitriles is 1. The predicted octanol–water partition coefficient (Wildman–Crippen LogP) is 3.34. The Labute approximate surface area is 123 Å². The Balaban J connectivity index is 2.11. The molecule has 0 saturated heterocycles. The Morgan fingerprint density at radius 2 is 1.95 bits per heavy atom. The summed E-state index contributed by atoms with van der Waals surface area (Å²) in [6.07, 6.45) is 0.271. The van der Waals surface area contributed by atoms with E-state index in [1.54, 1.807) is 6.07 Å². The minimum atomic E-state index is -0.140. The third kappa shape index (κ3) is 3.40. The number of thiol groups is 1. The number of hydrogen-bond acceptors (Lipinski definition) is 3. The molecule has 0 atom stereocenters. The lowest BCUT2D eigenvalue weighted by atomic mass is 10.1. The van der Waals surface area contributed by atoms with Gasteiger partial charge in [-0.25, -0.2) is 0 Å². The molecule has 0 aliphatic rings. The van der Waals surface area contributed by atoms with Crippen molar-refractivity contribution >= 4 is 24.2 Å². The molecule has 1 amide bonds. The fourth-order valence-electron chi connectivity index (χ4n) is 1.91. The summed E-state index contributed by atoms with van der Waals surface area (Å²) in [7, 11) is 0. The van der Waals surface area contributed by atoms with E-state index in [1.165, 1.54) is 0 Å². The van der Waals surface area contributed by atoms with Crippen LogP contribution >= 0.6 is 12.6 Å². The highest BCUT2D eigenvalue weighted by molar-refractivity contribution is 7.80. The van der Waals surface area contributed by atoms with Crippen molar-refractivity contribution in [2.24, 2.45) is 0 Å². The van der Waals surface area contributed by atoms with Gasteiger partial charge >= 0.3 is 0 Å². The molecule has 0 aromatic heterocycles. The molecule has 0 unspecified atom stereocenters. The summed E-state index contributed by atoms with van der Waals surface area (Å²) in [5.41, 5.74) is 2.83. The number of benzene rings is 2. The van der Waals surface area contributed by atoms with Crippen molar-refractivity contribution < 1.29 is 4.79 Å². The van der Waals surface area contributed by atoms with Crippen LogP contribution in [0.25, 0.3) is 0 Å². The number of carbonyl (C=O) groups is 1. The minimum absolute atomic E-state index is 0.140. The largest absolute Gasteiger partial charge is 0.325 e. The fraction of sp³-hybridized carbons (Fsp3) is 0.125. The van der Waals surface area contributed by atoms with Gasteiger partial charge < -0.3 is 5.32 Å². The van der Waals surface area contributed by atoms with E-state index < -0.39 is 0 Å². The Kier molecular flexibility index (Phi) is 4.44. The second kappa shape index (κ2) is 6.27. The number of carbonyl (C=O) groups excluding carboxylic acids is 1. The van der Waals surface area contributed by atoms with Crippen molar-refractivity contribution in [3.8, 4) is 6.07 Å². The van der Waals surface area contributed by atoms with Gasteiger partial charge in [0.05, 0.1) is 17.7 Å². The molecule has 0 heterocycles. The molecule has 2 aromatic carbocycles. The van der Waals surface area contributed by atoms with E-state index in [-0.39, 0.29) is 12.3 Å². The van der Waals surface area contributed by atoms with Crippen LogP contribution in [-0.4, -0.2) is 5.91 Å². The van der Waals surface area contributed by atoms with Gasteiger partial charge in [0.25, 0.3) is 0 Å². The normalized spacial score (nSPS) is 9.85. The van der Waals surface area contributed by atoms with Crippen molar-refractivity contribution in [1.82, 2.24) is 0 Å². The van der Waals surface area contributed by atoms with E-state index in [4.69, 9.17) is 5.26 Å². The summed E-state index contributed by atoms with van der Waals surface area (Å²) in [4.78, 5) is 12.9. The van der Waals surface area contributed by atoms with E-state index in [2.05, 4.69) is 24.0 Å². The molecule has 1 N–H and O–H groups in total. The molecule has 2 rings (SSSR count). The molecule has 3 nitrogen and oxygen atoms in total. The van der Waals surface area contributed by atoms with Gasteiger partial charge in [0.2, 0.25) is 5.91 Å². The average Bonchev–Trinajstić information content (AvgIpc) is 2.42. The van der Waals surface area contributed by atoms with Crippen LogP contribution in [-0.2, 0) is 11.2 Å². The molecule has 0 aliphatic carbocycles. The van der Waals surface area contributed by atoms with Gasteiger partial charge in [-0.15, -0.1) is 12.6 Å². The first-order chi connectivity index (χ1) is 9.60. The molecule has 2 aromatic rings. The third-order valence-corrected chi connectivity index (χ3v) is 3.26. The van der Waals surface area contributed by atoms with Gasteiger partial charge in [-0.3, -0.25) is 4.79 Å². The van der Waals surface area contributed by atoms with Gasteiger partial charge in [-0.05, 0) is 36.2 Å². The van der Waals surface area contributed by atoms with Gasteiger partial charge in [0.1, 0.15) is 6.07 Å². The molecule has 100 valence electrons. The summed E-state index contributed by atoms with van der Waals surface area (Å²) in [5.74, 6) is -0.140. The summed E-state index contributed by atoms with van der Waals surface area (Å²) in [6, 6.07) is 14.9. The number of amides is 1. The molecular weight excluding hydrogens is 268 g/mol. The maximum absolute atomic E-state index is 12.0. The summed E-state index contributed by atoms with van der Waals surface area (Å²) in [6.45, 7) is 1.85. The van der Waals surface area contributed by atoms with Crippen LogP contribution in [0.2, 0.25) is 0 Å². The lowest BCUT2D eigenvalue weighted by Gasteiger charge is -2.08. The third-order valence-electron chi connectivity index (χ3n) is 2.96. The number of rotatable bonds is 3. The topological polar surface area (TPSA) is 52.9 Å². The van der Waals surface area contributed by atoms with E-state index in [0.717, 1.165) is 16.0 Å². The van der Waals surface area contributed by atoms with Gasteiger partial charge in [0.15, 0.2) is 0 Å². The maximum Gasteiger partial charge on any atom is 0.228 e. The minimum Gasteiger partial charge on any atom is -0.325 e. The zero-order valence-electron chi connectivity index (χ0n) is 11.1. The lowest BCUT2D eigenvalue weighted by molar-refractivity contribution is -0.115. The van der Waals surface area contributed by atoms with Crippen LogP contribution in [0, 0.1) is 18.3 Å². The SMILES string of the molecule is Cc1cccc(NC(=O)Cc2ccc(S)cc2)c1C#N. The van der Waals surface area contributed by atoms with E-state index in [0.29, 0.717) is 11.3 Å². The number of anilines is 1. The van der Waals surface area contributed by atoms with Crippen LogP contribution in [0.1, 0.15) is 16.7 Å². The molecular formula is C16H14N2OS. The summed E-state index contributed by atoms with van der Waals surface area (Å²) in [5, 5.41) is 11.9. The molecule has 0 spiro atoms. The average molecular weight is 282 g/mol. The summed E-state index contributed by atoms with van der Waals surface area (Å²) >= 11 is 4.20. The highest BCUT2D eigenvalue weighted by Gasteiger charge is 2.09. The lowest BCUT2D eigenvalue weighted by Crippen LogP contribution is -2.15. The van der Waals surface area contributed by atoms with Crippen LogP contribution in [0.4, 0.5) is 5.69 Å². The van der Waals surface area contributed by atoms with Gasteiger partial charge in [-0.1, -0.05) is 24.3 Å². The number of nitrogens with one attached hydrogen (secondary N) is 1. The standard InChI is InChI=1S/C16H14N2OS/c1-11-3-2-4-15(14(11)10-17)18-16(19)9-12-5-7-13(20)8-6-12/h2-8,20H,9H2,1H3,(H,18,19). The highest BCUT2D eigenvalue weighted by Crippen LogP contribution is 2.18. The van der Waals surface area contributed by atoms with Crippen molar-refractivity contribution in [2.45, 2.75) is 18.2 Å². The second-order valence-electron chi connectivity index (χ2n) is 4.50. The van der Waals surface area contributed by atoms with Crippen molar-refractivity contribution in [3.63, 3.8) is 0 Å². The monoisotopic (exact) mass is 282 g/mol. The second-order valence-corrected chi connectivity index (χ2v) is 5.02. The first-order valence-corrected chi connectivity index (χ1v) is 6.62. The van der Waals surface area contributed by atoms with E-state index in [1.807, 2.05) is 43.3 Å². The maximum atomic E-state index is 12.0. The van der Waals surface area contributed by atoms with Crippen LogP contribution in [0.15, 0.2) is 47.4 Å². The predicted molar refractivity (Wildman–Crippen MR) is 81.9 cm³/mol. The number of nitrogens with zero attached hydrogens (tertiary/aromatic N) is 1. The zero-order chi connectivity index (χ0) is 14.5. The number of hydrogen-bond donors (Lipinski definition) is 2. The molecule has 4 heteroatoms. The Morgan fingerprint density at radius 3 is 2.60 bits per heavy atom. The highest BCUT2D eigenvalue weighted by atomic mass is 32.1. The fourth-order valence-corrected chi connectivity index (χ4v) is 2.06. The van der Waals surface area contributed by atoms with Crippen LogP contribution in [0.3, 0.4) is 0 Å². The zero-order valence-corrected chi connectivity index (χ0v) is 11.9. The Hall–Kier alpha value is -2.25. The molecule has 20 heavy (non-hydrogen) atoms. The Bertz CT molecular complexity index is 672. The molecule has 0 fully saturated rings. The van der Waals surface area contributed by atoms with Gasteiger partial charge in [0, 0.05) is 4.90 Å². The summed E-state index contributed by atoms with van der Waals surface area (Å²) < 4.78 is 0. The van der Waals surface area contributed by atoms with Crippen LogP contribution < -0.4 is 5.32 Å². The molecule has 0 aliphatic heterocycles. The van der Waals surface area contributed by atoms with Crippen LogP contribution in [0.5, 0.6) is 0 Å². The van der Waals surface area contributed by atoms with Crippen molar-refractivity contribution in [2.75, 3.05) is 5.32 Å².